The lowest BCUT2D eigenvalue weighted by Gasteiger charge is -2.30. The van der Waals surface area contributed by atoms with Crippen LogP contribution < -0.4 is 4.74 Å². The Morgan fingerprint density at radius 1 is 1.11 bits per heavy atom. The van der Waals surface area contributed by atoms with E-state index >= 15 is 0 Å². The molecule has 0 amide bonds. The molecule has 1 atom stereocenters. The third kappa shape index (κ3) is 6.13. The van der Waals surface area contributed by atoms with E-state index in [9.17, 15) is 5.11 Å². The van der Waals surface area contributed by atoms with Crippen LogP contribution in [0.1, 0.15) is 48.4 Å². The van der Waals surface area contributed by atoms with E-state index in [0.717, 1.165) is 60.3 Å². The molecule has 0 unspecified atom stereocenters. The van der Waals surface area contributed by atoms with Crippen molar-refractivity contribution in [2.45, 2.75) is 32.4 Å². The maximum Gasteiger partial charge on any atom is 0.124 e. The van der Waals surface area contributed by atoms with Gasteiger partial charge >= 0.3 is 0 Å². The molecule has 1 aliphatic heterocycles. The molecule has 4 heterocycles. The van der Waals surface area contributed by atoms with E-state index in [1.807, 2.05) is 43.5 Å². The van der Waals surface area contributed by atoms with Gasteiger partial charge in [-0.3, -0.25) is 20.0 Å². The van der Waals surface area contributed by atoms with Gasteiger partial charge in [0, 0.05) is 42.7 Å². The first-order valence-corrected chi connectivity index (χ1v) is 13.2. The minimum atomic E-state index is -0.350. The summed E-state index contributed by atoms with van der Waals surface area (Å²) < 4.78 is 6.16. The van der Waals surface area contributed by atoms with E-state index < -0.39 is 0 Å². The molecule has 0 aliphatic carbocycles. The number of hydrogen-bond acceptors (Lipinski definition) is 6. The monoisotopic (exact) mass is 537 g/mol. The third-order valence-electron chi connectivity index (χ3n) is 6.81. The number of nitrogens with one attached hydrogen (secondary N) is 1. The van der Waals surface area contributed by atoms with Gasteiger partial charge < -0.3 is 9.84 Å². The molecule has 1 aliphatic rings. The molecule has 1 saturated heterocycles. The highest BCUT2D eigenvalue weighted by Gasteiger charge is 2.19. The number of aromatic amines is 1. The van der Waals surface area contributed by atoms with Crippen molar-refractivity contribution < 1.29 is 9.84 Å². The highest BCUT2D eigenvalue weighted by atomic mass is 35.5. The number of fused-ring (bicyclic) bond motifs is 1. The van der Waals surface area contributed by atoms with Gasteiger partial charge in [-0.2, -0.15) is 5.10 Å². The van der Waals surface area contributed by atoms with Gasteiger partial charge in [0.1, 0.15) is 11.9 Å². The van der Waals surface area contributed by atoms with Gasteiger partial charge in [0.25, 0.3) is 0 Å². The highest BCUT2D eigenvalue weighted by Crippen LogP contribution is 2.33. The van der Waals surface area contributed by atoms with Crippen LogP contribution in [0, 0.1) is 5.92 Å². The minimum absolute atomic E-state index is 0.293. The number of pyridine rings is 2. The van der Waals surface area contributed by atoms with Gasteiger partial charge in [-0.1, -0.05) is 35.3 Å². The van der Waals surface area contributed by atoms with Gasteiger partial charge in [-0.25, -0.2) is 0 Å². The van der Waals surface area contributed by atoms with Crippen LogP contribution in [0.5, 0.6) is 5.75 Å². The molecular formula is C28H29Cl2N5O2. The molecule has 0 spiro atoms. The lowest BCUT2D eigenvalue weighted by Crippen LogP contribution is -2.34. The first-order chi connectivity index (χ1) is 18.0. The number of ether oxygens (including phenoxy) is 1. The van der Waals surface area contributed by atoms with Crippen LogP contribution in [0.4, 0.5) is 0 Å². The fourth-order valence-corrected chi connectivity index (χ4v) is 5.32. The van der Waals surface area contributed by atoms with Crippen LogP contribution in [0.15, 0.2) is 48.9 Å². The first kappa shape index (κ1) is 25.7. The van der Waals surface area contributed by atoms with E-state index in [1.165, 1.54) is 0 Å². The number of benzene rings is 1. The zero-order valence-electron chi connectivity index (χ0n) is 20.6. The second-order valence-corrected chi connectivity index (χ2v) is 10.2. The maximum atomic E-state index is 9.32. The lowest BCUT2D eigenvalue weighted by molar-refractivity contribution is 0.126. The van der Waals surface area contributed by atoms with Crippen LogP contribution in [0.25, 0.3) is 23.1 Å². The summed E-state index contributed by atoms with van der Waals surface area (Å²) in [5, 5.41) is 18.7. The summed E-state index contributed by atoms with van der Waals surface area (Å²) in [6, 6.07) is 9.94. The molecule has 1 fully saturated rings. The number of aromatic nitrogens is 4. The summed E-state index contributed by atoms with van der Waals surface area (Å²) in [5.74, 6) is 1.13. The van der Waals surface area contributed by atoms with Crippen molar-refractivity contribution in [3.05, 3.63) is 81.5 Å². The lowest BCUT2D eigenvalue weighted by atomic mass is 9.98. The predicted molar refractivity (Wildman–Crippen MR) is 148 cm³/mol. The standard InChI is InChI=1S/C28H29Cl2N5O2/c1-18(28-24(29)14-31-15-25(28)30)37-22-5-7-27-23(12-22)26(33-34-27)6-3-19-2-4-21(32-13-19)16-35-10-8-20(17-36)9-11-35/h2-7,12-15,18,20,36H,8-11,16-17H2,1H3,(H,33,34)/b6-3+/t18-/m1/s1. The summed E-state index contributed by atoms with van der Waals surface area (Å²) >= 11 is 12.6. The molecule has 3 aromatic heterocycles. The van der Waals surface area contributed by atoms with E-state index in [4.69, 9.17) is 27.9 Å². The van der Waals surface area contributed by atoms with Crippen LogP contribution in [0.2, 0.25) is 10.0 Å². The molecule has 0 bridgehead atoms. The van der Waals surface area contributed by atoms with Crippen molar-refractivity contribution in [2.75, 3.05) is 19.7 Å². The molecule has 0 saturated carbocycles. The number of nitrogens with zero attached hydrogens (tertiary/aromatic N) is 4. The number of hydrogen-bond donors (Lipinski definition) is 2. The first-order valence-electron chi connectivity index (χ1n) is 12.4. The number of likely N-dealkylation sites (tertiary alicyclic amines) is 1. The Morgan fingerprint density at radius 3 is 2.59 bits per heavy atom. The Morgan fingerprint density at radius 2 is 1.89 bits per heavy atom. The Balaban J connectivity index is 1.26. The van der Waals surface area contributed by atoms with E-state index in [-0.39, 0.29) is 6.10 Å². The van der Waals surface area contributed by atoms with Crippen LogP contribution in [-0.2, 0) is 6.54 Å². The Kier molecular flexibility index (Phi) is 8.05. The molecule has 5 rings (SSSR count). The quantitative estimate of drug-likeness (QED) is 0.279. The summed E-state index contributed by atoms with van der Waals surface area (Å²) in [4.78, 5) is 11.1. The summed E-state index contributed by atoms with van der Waals surface area (Å²) in [7, 11) is 0. The number of aliphatic hydroxyl groups is 1. The summed E-state index contributed by atoms with van der Waals surface area (Å²) in [5.41, 5.74) is 4.48. The maximum absolute atomic E-state index is 9.32. The Bertz CT molecular complexity index is 1360. The molecule has 0 radical (unpaired) electrons. The number of halogens is 2. The second kappa shape index (κ2) is 11.6. The molecular weight excluding hydrogens is 509 g/mol. The number of piperidine rings is 1. The van der Waals surface area contributed by atoms with Gasteiger partial charge in [-0.05, 0) is 74.7 Å². The molecule has 9 heteroatoms. The van der Waals surface area contributed by atoms with Crippen LogP contribution in [-0.4, -0.2) is 49.9 Å². The molecule has 7 nitrogen and oxygen atoms in total. The molecule has 4 aromatic rings. The number of H-pyrrole nitrogens is 1. The number of rotatable bonds is 8. The van der Waals surface area contributed by atoms with Crippen molar-refractivity contribution in [3.8, 4) is 5.75 Å². The predicted octanol–water partition coefficient (Wildman–Crippen LogP) is 6.17. The van der Waals surface area contributed by atoms with E-state index in [0.29, 0.717) is 33.9 Å². The minimum Gasteiger partial charge on any atom is -0.486 e. The van der Waals surface area contributed by atoms with Crippen molar-refractivity contribution in [1.29, 1.82) is 0 Å². The molecule has 2 N–H and O–H groups in total. The van der Waals surface area contributed by atoms with Crippen molar-refractivity contribution in [3.63, 3.8) is 0 Å². The fraction of sp³-hybridized carbons (Fsp3) is 0.321. The average Bonchev–Trinajstić information content (AvgIpc) is 3.31. The van der Waals surface area contributed by atoms with E-state index in [1.54, 1.807) is 12.4 Å². The zero-order valence-corrected chi connectivity index (χ0v) is 22.1. The molecule has 192 valence electrons. The second-order valence-electron chi connectivity index (χ2n) is 9.41. The topological polar surface area (TPSA) is 87.2 Å². The van der Waals surface area contributed by atoms with Crippen molar-refractivity contribution in [2.24, 2.45) is 5.92 Å². The average molecular weight is 538 g/mol. The molecule has 1 aromatic carbocycles. The SMILES string of the molecule is C[C@@H](Oc1ccc2[nH]nc(/C=C/c3ccc(CN4CCC(CO)CC4)nc3)c2c1)c1c(Cl)cncc1Cl. The number of aliphatic hydroxyl groups excluding tert-OH is 1. The van der Waals surface area contributed by atoms with Gasteiger partial charge in [0.2, 0.25) is 0 Å². The normalized spacial score (nSPS) is 16.0. The smallest absolute Gasteiger partial charge is 0.124 e. The van der Waals surface area contributed by atoms with Gasteiger partial charge in [0.05, 0.1) is 26.9 Å². The Hall–Kier alpha value is -2.97. The van der Waals surface area contributed by atoms with Crippen LogP contribution in [0.3, 0.4) is 0 Å². The highest BCUT2D eigenvalue weighted by molar-refractivity contribution is 6.35. The van der Waals surface area contributed by atoms with Crippen molar-refractivity contribution in [1.82, 2.24) is 25.1 Å². The zero-order chi connectivity index (χ0) is 25.8. The van der Waals surface area contributed by atoms with Gasteiger partial charge in [0.15, 0.2) is 0 Å². The molecule has 37 heavy (non-hydrogen) atoms. The summed E-state index contributed by atoms with van der Waals surface area (Å²) in [6.07, 6.45) is 10.7. The fourth-order valence-electron chi connectivity index (χ4n) is 4.65. The largest absolute Gasteiger partial charge is 0.486 e. The summed E-state index contributed by atoms with van der Waals surface area (Å²) in [6.45, 7) is 5.05. The van der Waals surface area contributed by atoms with Crippen LogP contribution >= 0.6 is 23.2 Å². The van der Waals surface area contributed by atoms with E-state index in [2.05, 4.69) is 37.2 Å². The Labute approximate surface area is 226 Å². The van der Waals surface area contributed by atoms with Gasteiger partial charge in [-0.15, -0.1) is 0 Å². The third-order valence-corrected chi connectivity index (χ3v) is 7.41. The van der Waals surface area contributed by atoms with Crippen molar-refractivity contribution >= 4 is 46.3 Å².